The molecular formula is C14H21N2O2. The zero-order chi connectivity index (χ0) is 13.0. The van der Waals surface area contributed by atoms with Crippen LogP contribution in [0.2, 0.25) is 0 Å². The molecule has 0 amide bonds. The molecule has 1 atom stereocenters. The number of ether oxygens (including phenoxy) is 1. The van der Waals surface area contributed by atoms with Crippen molar-refractivity contribution in [1.29, 1.82) is 0 Å². The number of aliphatic hydroxyl groups excluding tert-OH is 1. The number of likely N-dealkylation sites (N-methyl/N-ethyl adjacent to an activating group) is 1. The minimum absolute atomic E-state index is 0.480. The summed E-state index contributed by atoms with van der Waals surface area (Å²) in [5.74, 6) is 0. The molecule has 1 unspecified atom stereocenters. The molecule has 1 aliphatic rings. The second-order valence-electron chi connectivity index (χ2n) is 4.75. The summed E-state index contributed by atoms with van der Waals surface area (Å²) in [6.07, 6.45) is -0.480. The maximum absolute atomic E-state index is 9.98. The van der Waals surface area contributed by atoms with Gasteiger partial charge in [-0.25, -0.2) is 0 Å². The zero-order valence-corrected chi connectivity index (χ0v) is 10.9. The van der Waals surface area contributed by atoms with Gasteiger partial charge in [-0.15, -0.1) is 0 Å². The van der Waals surface area contributed by atoms with Crippen LogP contribution in [0.5, 0.6) is 0 Å². The highest BCUT2D eigenvalue weighted by Crippen LogP contribution is 2.20. The summed E-state index contributed by atoms with van der Waals surface area (Å²) in [4.78, 5) is 4.04. The Bertz CT molecular complexity index is 359. The number of hydrogen-bond acceptors (Lipinski definition) is 4. The molecule has 18 heavy (non-hydrogen) atoms. The molecule has 0 spiro atoms. The Morgan fingerprint density at radius 2 is 1.94 bits per heavy atom. The van der Waals surface area contributed by atoms with Gasteiger partial charge in [0.25, 0.3) is 0 Å². The molecule has 1 aromatic rings. The number of aliphatic hydroxyl groups is 1. The minimum Gasteiger partial charge on any atom is -0.387 e. The van der Waals surface area contributed by atoms with Gasteiger partial charge >= 0.3 is 0 Å². The summed E-state index contributed by atoms with van der Waals surface area (Å²) in [6.45, 7) is 3.98. The molecule has 0 aliphatic carbocycles. The van der Waals surface area contributed by atoms with Crippen LogP contribution in [0.15, 0.2) is 24.3 Å². The van der Waals surface area contributed by atoms with Gasteiger partial charge in [0.15, 0.2) is 0 Å². The Hall–Kier alpha value is -1.10. The minimum atomic E-state index is -0.480. The third-order valence-corrected chi connectivity index (χ3v) is 3.14. The molecule has 1 heterocycles. The van der Waals surface area contributed by atoms with Gasteiger partial charge in [-0.1, -0.05) is 12.1 Å². The van der Waals surface area contributed by atoms with E-state index < -0.39 is 6.10 Å². The second kappa shape index (κ2) is 6.18. The van der Waals surface area contributed by atoms with E-state index in [-0.39, 0.29) is 0 Å². The normalized spacial score (nSPS) is 18.1. The lowest BCUT2D eigenvalue weighted by Crippen LogP contribution is -2.36. The summed E-state index contributed by atoms with van der Waals surface area (Å²) in [6, 6.07) is 8.10. The smallest absolute Gasteiger partial charge is 0.0916 e. The molecule has 1 saturated heterocycles. The van der Waals surface area contributed by atoms with Crippen LogP contribution in [0.1, 0.15) is 11.7 Å². The molecule has 99 valence electrons. The van der Waals surface area contributed by atoms with Gasteiger partial charge in [0, 0.05) is 32.4 Å². The van der Waals surface area contributed by atoms with E-state index in [1.165, 1.54) is 5.69 Å². The van der Waals surface area contributed by atoms with E-state index in [2.05, 4.69) is 24.1 Å². The van der Waals surface area contributed by atoms with Crippen molar-refractivity contribution < 1.29 is 9.84 Å². The van der Waals surface area contributed by atoms with Gasteiger partial charge in [-0.05, 0) is 24.7 Å². The van der Waals surface area contributed by atoms with E-state index in [0.29, 0.717) is 6.54 Å². The summed E-state index contributed by atoms with van der Waals surface area (Å²) in [7, 11) is 5.60. The SMILES string of the molecule is [CH2]N(C)CC(O)c1ccc(N2CCOCC2)cc1. The molecule has 0 aromatic heterocycles. The molecule has 0 bridgehead atoms. The maximum Gasteiger partial charge on any atom is 0.0916 e. The average Bonchev–Trinajstić information content (AvgIpc) is 2.39. The number of rotatable bonds is 4. The van der Waals surface area contributed by atoms with Crippen LogP contribution in [0.25, 0.3) is 0 Å². The fourth-order valence-corrected chi connectivity index (χ4v) is 2.13. The van der Waals surface area contributed by atoms with E-state index in [9.17, 15) is 5.11 Å². The molecule has 4 heteroatoms. The number of benzene rings is 1. The monoisotopic (exact) mass is 249 g/mol. The first kappa shape index (κ1) is 13.3. The highest BCUT2D eigenvalue weighted by Gasteiger charge is 2.12. The van der Waals surface area contributed by atoms with Gasteiger partial charge < -0.3 is 19.6 Å². The predicted molar refractivity (Wildman–Crippen MR) is 72.4 cm³/mol. The van der Waals surface area contributed by atoms with Crippen molar-refractivity contribution in [3.8, 4) is 0 Å². The van der Waals surface area contributed by atoms with Crippen LogP contribution in [-0.2, 0) is 4.74 Å². The topological polar surface area (TPSA) is 35.9 Å². The lowest BCUT2D eigenvalue weighted by Gasteiger charge is -2.29. The van der Waals surface area contributed by atoms with Gasteiger partial charge in [0.1, 0.15) is 0 Å². The first-order chi connectivity index (χ1) is 8.66. The van der Waals surface area contributed by atoms with E-state index >= 15 is 0 Å². The summed E-state index contributed by atoms with van der Waals surface area (Å²) < 4.78 is 5.33. The summed E-state index contributed by atoms with van der Waals surface area (Å²) in [5.41, 5.74) is 2.12. The summed E-state index contributed by atoms with van der Waals surface area (Å²) >= 11 is 0. The van der Waals surface area contributed by atoms with Crippen molar-refractivity contribution in [3.05, 3.63) is 36.9 Å². The van der Waals surface area contributed by atoms with Crippen molar-refractivity contribution in [2.24, 2.45) is 0 Å². The molecule has 1 aromatic carbocycles. The van der Waals surface area contributed by atoms with Gasteiger partial charge in [0.2, 0.25) is 0 Å². The van der Waals surface area contributed by atoms with Crippen LogP contribution in [-0.4, -0.2) is 49.9 Å². The van der Waals surface area contributed by atoms with Crippen molar-refractivity contribution in [3.63, 3.8) is 0 Å². The average molecular weight is 249 g/mol. The quantitative estimate of drug-likeness (QED) is 0.872. The first-order valence-electron chi connectivity index (χ1n) is 6.29. The Balaban J connectivity index is 2.00. The van der Waals surface area contributed by atoms with Crippen molar-refractivity contribution in [2.45, 2.75) is 6.10 Å². The van der Waals surface area contributed by atoms with Gasteiger partial charge in [0.05, 0.1) is 19.3 Å². The lowest BCUT2D eigenvalue weighted by molar-refractivity contribution is 0.122. The highest BCUT2D eigenvalue weighted by atomic mass is 16.5. The number of anilines is 1. The van der Waals surface area contributed by atoms with Crippen LogP contribution >= 0.6 is 0 Å². The van der Waals surface area contributed by atoms with E-state index in [1.807, 2.05) is 19.2 Å². The third kappa shape index (κ3) is 3.45. The Morgan fingerprint density at radius 1 is 1.33 bits per heavy atom. The van der Waals surface area contributed by atoms with E-state index in [0.717, 1.165) is 31.9 Å². The molecule has 4 nitrogen and oxygen atoms in total. The zero-order valence-electron chi connectivity index (χ0n) is 10.9. The van der Waals surface area contributed by atoms with E-state index in [1.54, 1.807) is 4.90 Å². The third-order valence-electron chi connectivity index (χ3n) is 3.14. The molecular weight excluding hydrogens is 228 g/mol. The van der Waals surface area contributed by atoms with Crippen molar-refractivity contribution >= 4 is 5.69 Å². The fraction of sp³-hybridized carbons (Fsp3) is 0.500. The van der Waals surface area contributed by atoms with Crippen LogP contribution in [0.3, 0.4) is 0 Å². The Labute approximate surface area is 109 Å². The molecule has 1 fully saturated rings. The number of hydrogen-bond donors (Lipinski definition) is 1. The van der Waals surface area contributed by atoms with Crippen LogP contribution in [0, 0.1) is 7.05 Å². The van der Waals surface area contributed by atoms with Gasteiger partial charge in [-0.3, -0.25) is 0 Å². The first-order valence-corrected chi connectivity index (χ1v) is 6.29. The number of nitrogens with zero attached hydrogens (tertiary/aromatic N) is 2. The standard InChI is InChI=1S/C14H21N2O2/c1-15(2)11-14(17)12-3-5-13(6-4-12)16-7-9-18-10-8-16/h3-6,14,17H,1,7-11H2,2H3. The molecule has 1 radical (unpaired) electrons. The second-order valence-corrected chi connectivity index (χ2v) is 4.75. The Morgan fingerprint density at radius 3 is 2.50 bits per heavy atom. The summed E-state index contributed by atoms with van der Waals surface area (Å²) in [5, 5.41) is 9.98. The van der Waals surface area contributed by atoms with Crippen LogP contribution < -0.4 is 4.90 Å². The van der Waals surface area contributed by atoms with Crippen LogP contribution in [0.4, 0.5) is 5.69 Å². The lowest BCUT2D eigenvalue weighted by atomic mass is 10.1. The van der Waals surface area contributed by atoms with Crippen molar-refractivity contribution in [2.75, 3.05) is 44.8 Å². The predicted octanol–water partition coefficient (Wildman–Crippen LogP) is 1.28. The van der Waals surface area contributed by atoms with Crippen molar-refractivity contribution in [1.82, 2.24) is 4.90 Å². The van der Waals surface area contributed by atoms with E-state index in [4.69, 9.17) is 4.74 Å². The highest BCUT2D eigenvalue weighted by molar-refractivity contribution is 5.48. The van der Waals surface area contributed by atoms with Gasteiger partial charge in [-0.2, -0.15) is 0 Å². The largest absolute Gasteiger partial charge is 0.387 e. The molecule has 0 saturated carbocycles. The maximum atomic E-state index is 9.98. The molecule has 2 rings (SSSR count). The fourth-order valence-electron chi connectivity index (χ4n) is 2.13. The molecule has 1 N–H and O–H groups in total. The Kier molecular flexibility index (Phi) is 4.58. The molecule has 1 aliphatic heterocycles. The number of morpholine rings is 1.